The number of aryl methyl sites for hydroxylation is 1. The van der Waals surface area contributed by atoms with Gasteiger partial charge in [-0.25, -0.2) is 0 Å². The van der Waals surface area contributed by atoms with E-state index in [4.69, 9.17) is 16.3 Å². The molecular weight excluding hydrogens is 284 g/mol. The minimum Gasteiger partial charge on any atom is -0.493 e. The number of benzene rings is 2. The lowest BCUT2D eigenvalue weighted by molar-refractivity contribution is 0.341. The van der Waals surface area contributed by atoms with Crippen molar-refractivity contribution in [2.24, 2.45) is 0 Å². The number of hydrogen-bond acceptors (Lipinski definition) is 3. The van der Waals surface area contributed by atoms with Crippen LogP contribution in [-0.2, 0) is 0 Å². The Morgan fingerprint density at radius 1 is 1.05 bits per heavy atom. The molecule has 0 saturated heterocycles. The Balaban J connectivity index is 2.30. The fraction of sp³-hybridized carbons (Fsp3) is 0.176. The molecule has 3 nitrogen and oxygen atoms in total. The number of halogens is 1. The number of fused-ring (bicyclic) bond motifs is 1. The van der Waals surface area contributed by atoms with Crippen LogP contribution in [0, 0.1) is 6.92 Å². The summed E-state index contributed by atoms with van der Waals surface area (Å²) in [5, 5.41) is 10.7. The second-order valence-corrected chi connectivity index (χ2v) is 5.18. The molecule has 0 atom stereocenters. The maximum atomic E-state index is 6.14. The fourth-order valence-electron chi connectivity index (χ4n) is 2.38. The van der Waals surface area contributed by atoms with Crippen LogP contribution in [-0.4, -0.2) is 16.8 Å². The molecule has 3 rings (SSSR count). The Bertz CT molecular complexity index is 802. The average molecular weight is 299 g/mol. The molecule has 0 amide bonds. The first-order valence-corrected chi connectivity index (χ1v) is 7.23. The van der Waals surface area contributed by atoms with Crippen LogP contribution in [0.2, 0.25) is 5.15 Å². The highest BCUT2D eigenvalue weighted by Crippen LogP contribution is 2.35. The Morgan fingerprint density at radius 3 is 2.57 bits per heavy atom. The molecule has 0 N–H and O–H groups in total. The van der Waals surface area contributed by atoms with Crippen LogP contribution < -0.4 is 4.74 Å². The Kier molecular flexibility index (Phi) is 3.76. The smallest absolute Gasteiger partial charge is 0.159 e. The van der Waals surface area contributed by atoms with E-state index < -0.39 is 0 Å². The van der Waals surface area contributed by atoms with Gasteiger partial charge in [0.1, 0.15) is 11.4 Å². The third-order valence-electron chi connectivity index (χ3n) is 3.33. The van der Waals surface area contributed by atoms with Crippen LogP contribution in [0.1, 0.15) is 12.5 Å². The summed E-state index contributed by atoms with van der Waals surface area (Å²) in [5.41, 5.74) is 2.88. The topological polar surface area (TPSA) is 35.0 Å². The SMILES string of the molecule is CCOc1ccc(C)cc1-c1nnc(Cl)c2ccccc12. The van der Waals surface area contributed by atoms with E-state index in [0.29, 0.717) is 11.8 Å². The molecule has 21 heavy (non-hydrogen) atoms. The molecule has 0 aliphatic carbocycles. The molecule has 4 heteroatoms. The van der Waals surface area contributed by atoms with Gasteiger partial charge in [-0.05, 0) is 26.0 Å². The van der Waals surface area contributed by atoms with Gasteiger partial charge in [-0.15, -0.1) is 10.2 Å². The predicted molar refractivity (Wildman–Crippen MR) is 85.9 cm³/mol. The summed E-state index contributed by atoms with van der Waals surface area (Å²) in [6, 6.07) is 13.9. The van der Waals surface area contributed by atoms with Gasteiger partial charge in [0.05, 0.1) is 6.61 Å². The molecule has 2 aromatic carbocycles. The standard InChI is InChI=1S/C17H15ClN2O/c1-3-21-15-9-8-11(2)10-14(15)16-12-6-4-5-7-13(12)17(18)20-19-16/h4-10H,3H2,1-2H3. The zero-order chi connectivity index (χ0) is 14.8. The Morgan fingerprint density at radius 2 is 1.81 bits per heavy atom. The van der Waals surface area contributed by atoms with Crippen molar-refractivity contribution in [1.29, 1.82) is 0 Å². The van der Waals surface area contributed by atoms with Crippen LogP contribution in [0.4, 0.5) is 0 Å². The lowest BCUT2D eigenvalue weighted by Gasteiger charge is -2.12. The van der Waals surface area contributed by atoms with E-state index in [-0.39, 0.29) is 0 Å². The molecule has 1 heterocycles. The van der Waals surface area contributed by atoms with E-state index in [2.05, 4.69) is 16.3 Å². The molecular formula is C17H15ClN2O. The summed E-state index contributed by atoms with van der Waals surface area (Å²) in [5.74, 6) is 0.810. The van der Waals surface area contributed by atoms with Crippen LogP contribution >= 0.6 is 11.6 Å². The second kappa shape index (κ2) is 5.70. The highest BCUT2D eigenvalue weighted by molar-refractivity contribution is 6.34. The van der Waals surface area contributed by atoms with Crippen molar-refractivity contribution in [3.8, 4) is 17.0 Å². The van der Waals surface area contributed by atoms with E-state index in [1.165, 1.54) is 0 Å². The van der Waals surface area contributed by atoms with Crippen molar-refractivity contribution in [2.45, 2.75) is 13.8 Å². The van der Waals surface area contributed by atoms with Crippen LogP contribution in [0.25, 0.3) is 22.0 Å². The lowest BCUT2D eigenvalue weighted by atomic mass is 10.0. The van der Waals surface area contributed by atoms with Crippen LogP contribution in [0.3, 0.4) is 0 Å². The number of aromatic nitrogens is 2. The summed E-state index contributed by atoms with van der Waals surface area (Å²) in [6.07, 6.45) is 0. The highest BCUT2D eigenvalue weighted by Gasteiger charge is 2.14. The van der Waals surface area contributed by atoms with E-state index in [9.17, 15) is 0 Å². The maximum absolute atomic E-state index is 6.14. The molecule has 0 fully saturated rings. The zero-order valence-electron chi connectivity index (χ0n) is 11.9. The van der Waals surface area contributed by atoms with E-state index >= 15 is 0 Å². The quantitative estimate of drug-likeness (QED) is 0.705. The molecule has 0 spiro atoms. The molecule has 3 aromatic rings. The van der Waals surface area contributed by atoms with Crippen molar-refractivity contribution >= 4 is 22.4 Å². The first kappa shape index (κ1) is 13.8. The third-order valence-corrected chi connectivity index (χ3v) is 3.61. The molecule has 1 aromatic heterocycles. The Labute approximate surface area is 128 Å². The van der Waals surface area contributed by atoms with Crippen molar-refractivity contribution in [3.63, 3.8) is 0 Å². The Hall–Kier alpha value is -2.13. The second-order valence-electron chi connectivity index (χ2n) is 4.82. The number of nitrogens with zero attached hydrogens (tertiary/aromatic N) is 2. The van der Waals surface area contributed by atoms with Gasteiger partial charge in [-0.3, -0.25) is 0 Å². The summed E-state index contributed by atoms with van der Waals surface area (Å²) in [4.78, 5) is 0. The van der Waals surface area contributed by atoms with Gasteiger partial charge in [0.25, 0.3) is 0 Å². The lowest BCUT2D eigenvalue weighted by Crippen LogP contribution is -1.97. The molecule has 0 aliphatic heterocycles. The highest BCUT2D eigenvalue weighted by atomic mass is 35.5. The first-order chi connectivity index (χ1) is 10.2. The number of rotatable bonds is 3. The third kappa shape index (κ3) is 2.57. The number of ether oxygens (including phenoxy) is 1. The fourth-order valence-corrected chi connectivity index (χ4v) is 2.58. The largest absolute Gasteiger partial charge is 0.493 e. The van der Waals surface area contributed by atoms with Gasteiger partial charge < -0.3 is 4.74 Å². The van der Waals surface area contributed by atoms with Gasteiger partial charge in [-0.2, -0.15) is 0 Å². The minimum absolute atomic E-state index is 0.417. The summed E-state index contributed by atoms with van der Waals surface area (Å²) in [6.45, 7) is 4.62. The van der Waals surface area contributed by atoms with E-state index in [0.717, 1.165) is 33.3 Å². The number of hydrogen-bond donors (Lipinski definition) is 0. The minimum atomic E-state index is 0.417. The van der Waals surface area contributed by atoms with E-state index in [1.807, 2.05) is 50.2 Å². The monoisotopic (exact) mass is 298 g/mol. The summed E-state index contributed by atoms with van der Waals surface area (Å²) in [7, 11) is 0. The van der Waals surface area contributed by atoms with Gasteiger partial charge >= 0.3 is 0 Å². The molecule has 106 valence electrons. The van der Waals surface area contributed by atoms with E-state index in [1.54, 1.807) is 0 Å². The van der Waals surface area contributed by atoms with Crippen molar-refractivity contribution in [2.75, 3.05) is 6.61 Å². The molecule has 0 aliphatic rings. The van der Waals surface area contributed by atoms with Crippen molar-refractivity contribution < 1.29 is 4.74 Å². The van der Waals surface area contributed by atoms with Crippen molar-refractivity contribution in [3.05, 3.63) is 53.2 Å². The first-order valence-electron chi connectivity index (χ1n) is 6.85. The van der Waals surface area contributed by atoms with Crippen LogP contribution in [0.5, 0.6) is 5.75 Å². The van der Waals surface area contributed by atoms with Gasteiger partial charge in [0.2, 0.25) is 0 Å². The zero-order valence-corrected chi connectivity index (χ0v) is 12.7. The normalized spacial score (nSPS) is 10.8. The van der Waals surface area contributed by atoms with Crippen LogP contribution in [0.15, 0.2) is 42.5 Å². The predicted octanol–water partition coefficient (Wildman–Crippen LogP) is 4.66. The van der Waals surface area contributed by atoms with Gasteiger partial charge in [0, 0.05) is 16.3 Å². The summed E-state index contributed by atoms with van der Waals surface area (Å²) < 4.78 is 5.72. The van der Waals surface area contributed by atoms with Crippen molar-refractivity contribution in [1.82, 2.24) is 10.2 Å². The maximum Gasteiger partial charge on any atom is 0.159 e. The summed E-state index contributed by atoms with van der Waals surface area (Å²) >= 11 is 6.14. The molecule has 0 bridgehead atoms. The van der Waals surface area contributed by atoms with Gasteiger partial charge in [0.15, 0.2) is 5.15 Å². The molecule has 0 saturated carbocycles. The molecule has 0 unspecified atom stereocenters. The average Bonchev–Trinajstić information content (AvgIpc) is 2.50. The van der Waals surface area contributed by atoms with Gasteiger partial charge in [-0.1, -0.05) is 47.5 Å². The molecule has 0 radical (unpaired) electrons.